The third-order valence-electron chi connectivity index (χ3n) is 3.41. The summed E-state index contributed by atoms with van der Waals surface area (Å²) in [6.45, 7) is 2.62. The van der Waals surface area contributed by atoms with Crippen molar-refractivity contribution in [2.75, 3.05) is 13.2 Å². The summed E-state index contributed by atoms with van der Waals surface area (Å²) in [7, 11) is 0. The first-order valence-electron chi connectivity index (χ1n) is 6.19. The molecule has 1 aromatic rings. The van der Waals surface area contributed by atoms with Crippen molar-refractivity contribution in [1.29, 1.82) is 0 Å². The molecule has 0 unspecified atom stereocenters. The summed E-state index contributed by atoms with van der Waals surface area (Å²) < 4.78 is 42.8. The second-order valence-electron chi connectivity index (χ2n) is 4.78. The van der Waals surface area contributed by atoms with Gasteiger partial charge in [0.05, 0.1) is 5.56 Å². The van der Waals surface area contributed by atoms with E-state index < -0.39 is 11.7 Å². The maximum atomic E-state index is 12.6. The van der Waals surface area contributed by atoms with Crippen LogP contribution in [0.2, 0.25) is 0 Å². The molecule has 0 amide bonds. The van der Waals surface area contributed by atoms with Crippen LogP contribution in [0.4, 0.5) is 13.2 Å². The summed E-state index contributed by atoms with van der Waals surface area (Å²) in [5.74, 6) is -0.210. The zero-order chi connectivity index (χ0) is 14.0. The monoisotopic (exact) mass is 272 g/mol. The van der Waals surface area contributed by atoms with Gasteiger partial charge in [0, 0.05) is 24.7 Å². The second kappa shape index (κ2) is 5.33. The van der Waals surface area contributed by atoms with Crippen LogP contribution < -0.4 is 0 Å². The Kier molecular flexibility index (Phi) is 3.94. The van der Waals surface area contributed by atoms with E-state index in [0.29, 0.717) is 37.2 Å². The van der Waals surface area contributed by atoms with E-state index in [2.05, 4.69) is 0 Å². The first-order chi connectivity index (χ1) is 8.89. The first-order valence-corrected chi connectivity index (χ1v) is 6.19. The van der Waals surface area contributed by atoms with Gasteiger partial charge >= 0.3 is 6.18 Å². The number of hydrogen-bond donors (Lipinski definition) is 0. The minimum absolute atomic E-state index is 0.0745. The third-order valence-corrected chi connectivity index (χ3v) is 3.41. The number of Topliss-reactive ketones (excluding diaryl/α,β-unsaturated/α-hetero) is 1. The van der Waals surface area contributed by atoms with Crippen molar-refractivity contribution < 1.29 is 22.7 Å². The molecule has 0 bridgehead atoms. The summed E-state index contributed by atoms with van der Waals surface area (Å²) in [5, 5.41) is 0. The number of alkyl halides is 3. The van der Waals surface area contributed by atoms with Gasteiger partial charge in [-0.1, -0.05) is 6.07 Å². The Morgan fingerprint density at radius 1 is 1.26 bits per heavy atom. The zero-order valence-corrected chi connectivity index (χ0v) is 10.6. The summed E-state index contributed by atoms with van der Waals surface area (Å²) in [6.07, 6.45) is -3.09. The maximum Gasteiger partial charge on any atom is 0.416 e. The lowest BCUT2D eigenvalue weighted by Gasteiger charge is -2.21. The molecule has 0 atom stereocenters. The van der Waals surface area contributed by atoms with E-state index in [1.165, 1.54) is 6.07 Å². The Morgan fingerprint density at radius 2 is 1.89 bits per heavy atom. The molecule has 5 heteroatoms. The molecule has 0 aromatic heterocycles. The van der Waals surface area contributed by atoms with Crippen LogP contribution >= 0.6 is 0 Å². The molecule has 0 aliphatic carbocycles. The van der Waals surface area contributed by atoms with E-state index in [9.17, 15) is 18.0 Å². The Bertz CT molecular complexity index is 474. The Balaban J connectivity index is 2.23. The molecule has 104 valence electrons. The van der Waals surface area contributed by atoms with E-state index in [1.54, 1.807) is 6.92 Å². The van der Waals surface area contributed by atoms with Gasteiger partial charge < -0.3 is 4.74 Å². The molecular weight excluding hydrogens is 257 g/mol. The summed E-state index contributed by atoms with van der Waals surface area (Å²) in [6, 6.07) is 3.29. The molecule has 2 nitrogen and oxygen atoms in total. The molecule has 1 aromatic carbocycles. The van der Waals surface area contributed by atoms with Gasteiger partial charge in [0.25, 0.3) is 0 Å². The molecule has 0 radical (unpaired) electrons. The van der Waals surface area contributed by atoms with Gasteiger partial charge in [0.2, 0.25) is 0 Å². The number of ketones is 1. The van der Waals surface area contributed by atoms with Gasteiger partial charge in [0.1, 0.15) is 0 Å². The summed E-state index contributed by atoms with van der Waals surface area (Å²) in [4.78, 5) is 12.2. The summed E-state index contributed by atoms with van der Waals surface area (Å²) in [5.41, 5.74) is 0.0553. The minimum atomic E-state index is -4.37. The van der Waals surface area contributed by atoms with Crippen LogP contribution in [-0.2, 0) is 10.9 Å². The first kappa shape index (κ1) is 14.1. The molecule has 2 rings (SSSR count). The quantitative estimate of drug-likeness (QED) is 0.768. The van der Waals surface area contributed by atoms with Crippen molar-refractivity contribution >= 4 is 5.78 Å². The number of hydrogen-bond acceptors (Lipinski definition) is 2. The average Bonchev–Trinajstić information content (AvgIpc) is 2.38. The molecule has 0 saturated carbocycles. The number of carbonyl (C=O) groups excluding carboxylic acids is 1. The fourth-order valence-corrected chi connectivity index (χ4v) is 2.30. The summed E-state index contributed by atoms with van der Waals surface area (Å²) >= 11 is 0. The average molecular weight is 272 g/mol. The molecule has 1 saturated heterocycles. The standard InChI is InChI=1S/C14H15F3O2/c1-9-8-11(14(15,16)17)2-3-12(9)13(18)10-4-6-19-7-5-10/h2-3,8,10H,4-7H2,1H3. The lowest BCUT2D eigenvalue weighted by atomic mass is 9.88. The van der Waals surface area contributed by atoms with Crippen molar-refractivity contribution in [3.05, 3.63) is 34.9 Å². The SMILES string of the molecule is Cc1cc(C(F)(F)F)ccc1C(=O)C1CCOCC1. The number of halogens is 3. The number of rotatable bonds is 2. The predicted octanol–water partition coefficient (Wildman–Crippen LogP) is 3.62. The molecule has 1 heterocycles. The van der Waals surface area contributed by atoms with Crippen molar-refractivity contribution in [3.8, 4) is 0 Å². The topological polar surface area (TPSA) is 26.3 Å². The van der Waals surface area contributed by atoms with Crippen molar-refractivity contribution in [3.63, 3.8) is 0 Å². The van der Waals surface area contributed by atoms with Gasteiger partial charge in [0.15, 0.2) is 5.78 Å². The van der Waals surface area contributed by atoms with E-state index >= 15 is 0 Å². The van der Waals surface area contributed by atoms with Crippen molar-refractivity contribution in [2.24, 2.45) is 5.92 Å². The molecule has 19 heavy (non-hydrogen) atoms. The van der Waals surface area contributed by atoms with Crippen LogP contribution in [0.25, 0.3) is 0 Å². The van der Waals surface area contributed by atoms with Crippen LogP contribution in [0, 0.1) is 12.8 Å². The molecule has 1 fully saturated rings. The normalized spacial score (nSPS) is 17.5. The van der Waals surface area contributed by atoms with Gasteiger partial charge in [-0.3, -0.25) is 4.79 Å². The van der Waals surface area contributed by atoms with Crippen LogP contribution in [0.15, 0.2) is 18.2 Å². The third kappa shape index (κ3) is 3.15. The van der Waals surface area contributed by atoms with Gasteiger partial charge in [-0.15, -0.1) is 0 Å². The molecule has 1 aliphatic heterocycles. The van der Waals surface area contributed by atoms with Crippen LogP contribution in [0.1, 0.15) is 34.3 Å². The highest BCUT2D eigenvalue weighted by atomic mass is 19.4. The second-order valence-corrected chi connectivity index (χ2v) is 4.78. The smallest absolute Gasteiger partial charge is 0.381 e. The Morgan fingerprint density at radius 3 is 2.42 bits per heavy atom. The fraction of sp³-hybridized carbons (Fsp3) is 0.500. The largest absolute Gasteiger partial charge is 0.416 e. The van der Waals surface area contributed by atoms with E-state index in [1.807, 2.05) is 0 Å². The fourth-order valence-electron chi connectivity index (χ4n) is 2.30. The maximum absolute atomic E-state index is 12.6. The molecular formula is C14H15F3O2. The minimum Gasteiger partial charge on any atom is -0.381 e. The number of ether oxygens (including phenoxy) is 1. The number of aryl methyl sites for hydroxylation is 1. The molecule has 0 spiro atoms. The van der Waals surface area contributed by atoms with Gasteiger partial charge in [-0.25, -0.2) is 0 Å². The predicted molar refractivity (Wildman–Crippen MR) is 64.1 cm³/mol. The van der Waals surface area contributed by atoms with E-state index in [4.69, 9.17) is 4.74 Å². The van der Waals surface area contributed by atoms with Crippen molar-refractivity contribution in [2.45, 2.75) is 25.9 Å². The number of benzene rings is 1. The lowest BCUT2D eigenvalue weighted by molar-refractivity contribution is -0.137. The van der Waals surface area contributed by atoms with E-state index in [0.717, 1.165) is 12.1 Å². The van der Waals surface area contributed by atoms with Crippen LogP contribution in [0.5, 0.6) is 0 Å². The van der Waals surface area contributed by atoms with Gasteiger partial charge in [-0.2, -0.15) is 13.2 Å². The van der Waals surface area contributed by atoms with Crippen LogP contribution in [0.3, 0.4) is 0 Å². The van der Waals surface area contributed by atoms with Crippen molar-refractivity contribution in [1.82, 2.24) is 0 Å². The zero-order valence-electron chi connectivity index (χ0n) is 10.6. The van der Waals surface area contributed by atoms with Crippen LogP contribution in [-0.4, -0.2) is 19.0 Å². The highest BCUT2D eigenvalue weighted by molar-refractivity contribution is 5.99. The van der Waals surface area contributed by atoms with Gasteiger partial charge in [-0.05, 0) is 37.5 Å². The Labute approximate surface area is 109 Å². The lowest BCUT2D eigenvalue weighted by Crippen LogP contribution is -2.24. The number of carbonyl (C=O) groups is 1. The molecule has 1 aliphatic rings. The highest BCUT2D eigenvalue weighted by Gasteiger charge is 2.31. The Hall–Kier alpha value is -1.36. The van der Waals surface area contributed by atoms with E-state index in [-0.39, 0.29) is 11.7 Å². The highest BCUT2D eigenvalue weighted by Crippen LogP contribution is 2.31. The molecule has 0 N–H and O–H groups in total.